The molecule has 0 aromatic heterocycles. The van der Waals surface area contributed by atoms with Gasteiger partial charge in [0.25, 0.3) is 0 Å². The van der Waals surface area contributed by atoms with E-state index in [0.717, 1.165) is 19.3 Å². The van der Waals surface area contributed by atoms with Crippen LogP contribution in [-0.2, 0) is 0 Å². The van der Waals surface area contributed by atoms with Gasteiger partial charge >= 0.3 is 6.03 Å². The van der Waals surface area contributed by atoms with Crippen LogP contribution >= 0.6 is 0 Å². The monoisotopic (exact) mass is 253 g/mol. The van der Waals surface area contributed by atoms with Crippen LogP contribution < -0.4 is 16.4 Å². The van der Waals surface area contributed by atoms with Gasteiger partial charge in [-0.05, 0) is 30.7 Å². The first-order valence-corrected chi connectivity index (χ1v) is 6.19. The standard InChI is InChI=1S/C13H20FN3O/c1-2-3-4-12(9-15)17-13(18)16-11-7-5-10(14)6-8-11/h5-8,12H,2-4,9,15H2,1H3,(H2,16,17,18). The van der Waals surface area contributed by atoms with Gasteiger partial charge in [0.05, 0.1) is 0 Å². The van der Waals surface area contributed by atoms with Crippen LogP contribution in [0.1, 0.15) is 26.2 Å². The summed E-state index contributed by atoms with van der Waals surface area (Å²) in [5, 5.41) is 5.43. The number of benzene rings is 1. The SMILES string of the molecule is CCCCC(CN)NC(=O)Nc1ccc(F)cc1. The van der Waals surface area contributed by atoms with E-state index in [0.29, 0.717) is 12.2 Å². The van der Waals surface area contributed by atoms with E-state index < -0.39 is 0 Å². The Morgan fingerprint density at radius 3 is 2.61 bits per heavy atom. The minimum atomic E-state index is -0.330. The number of carbonyl (C=O) groups is 1. The summed E-state index contributed by atoms with van der Waals surface area (Å²) in [4.78, 5) is 11.7. The zero-order chi connectivity index (χ0) is 13.4. The molecule has 2 amide bonds. The smallest absolute Gasteiger partial charge is 0.319 e. The molecule has 0 aliphatic rings. The molecule has 0 saturated heterocycles. The van der Waals surface area contributed by atoms with Crippen molar-refractivity contribution < 1.29 is 9.18 Å². The van der Waals surface area contributed by atoms with Crippen molar-refractivity contribution in [3.05, 3.63) is 30.1 Å². The Kier molecular flexibility index (Phi) is 6.14. The number of carbonyl (C=O) groups excluding carboxylic acids is 1. The molecule has 18 heavy (non-hydrogen) atoms. The predicted molar refractivity (Wildman–Crippen MR) is 70.9 cm³/mol. The van der Waals surface area contributed by atoms with Gasteiger partial charge in [-0.2, -0.15) is 0 Å². The number of nitrogens with one attached hydrogen (secondary N) is 2. The second kappa shape index (κ2) is 7.66. The molecule has 1 atom stereocenters. The predicted octanol–water partition coefficient (Wildman–Crippen LogP) is 2.46. The second-order valence-corrected chi connectivity index (χ2v) is 4.18. The van der Waals surface area contributed by atoms with Gasteiger partial charge in [-0.3, -0.25) is 0 Å². The van der Waals surface area contributed by atoms with Crippen LogP contribution in [-0.4, -0.2) is 18.6 Å². The molecule has 4 N–H and O–H groups in total. The van der Waals surface area contributed by atoms with Crippen molar-refractivity contribution in [3.63, 3.8) is 0 Å². The molecule has 5 heteroatoms. The van der Waals surface area contributed by atoms with Gasteiger partial charge in [-0.25, -0.2) is 9.18 Å². The molecule has 0 bridgehead atoms. The molecule has 0 aliphatic carbocycles. The maximum absolute atomic E-state index is 12.7. The molecule has 100 valence electrons. The summed E-state index contributed by atoms with van der Waals surface area (Å²) in [6.45, 7) is 2.50. The Morgan fingerprint density at radius 2 is 2.06 bits per heavy atom. The quantitative estimate of drug-likeness (QED) is 0.729. The van der Waals surface area contributed by atoms with E-state index in [4.69, 9.17) is 5.73 Å². The van der Waals surface area contributed by atoms with Gasteiger partial charge in [0.2, 0.25) is 0 Å². The lowest BCUT2D eigenvalue weighted by molar-refractivity contribution is 0.247. The molecular weight excluding hydrogens is 233 g/mol. The molecule has 0 fully saturated rings. The summed E-state index contributed by atoms with van der Waals surface area (Å²) in [5.41, 5.74) is 6.14. The number of amides is 2. The average molecular weight is 253 g/mol. The van der Waals surface area contributed by atoms with Crippen molar-refractivity contribution >= 4 is 11.7 Å². The third-order valence-electron chi connectivity index (χ3n) is 2.63. The van der Waals surface area contributed by atoms with Crippen LogP contribution in [0, 0.1) is 5.82 Å². The number of hydrogen-bond acceptors (Lipinski definition) is 2. The fraction of sp³-hybridized carbons (Fsp3) is 0.462. The van der Waals surface area contributed by atoms with Crippen molar-refractivity contribution in [2.45, 2.75) is 32.2 Å². The molecule has 1 rings (SSSR count). The first-order chi connectivity index (χ1) is 8.65. The summed E-state index contributed by atoms with van der Waals surface area (Å²) in [6.07, 6.45) is 2.96. The molecule has 1 aromatic carbocycles. The molecule has 1 aromatic rings. The van der Waals surface area contributed by atoms with Gasteiger partial charge in [0.15, 0.2) is 0 Å². The van der Waals surface area contributed by atoms with Crippen molar-refractivity contribution in [2.75, 3.05) is 11.9 Å². The van der Waals surface area contributed by atoms with Crippen LogP contribution in [0.4, 0.5) is 14.9 Å². The van der Waals surface area contributed by atoms with Gasteiger partial charge in [-0.1, -0.05) is 19.8 Å². The molecule has 0 aliphatic heterocycles. The minimum absolute atomic E-state index is 0.0228. The largest absolute Gasteiger partial charge is 0.334 e. The maximum atomic E-state index is 12.7. The van der Waals surface area contributed by atoms with Crippen LogP contribution in [0.25, 0.3) is 0 Å². The highest BCUT2D eigenvalue weighted by Gasteiger charge is 2.09. The second-order valence-electron chi connectivity index (χ2n) is 4.18. The number of unbranched alkanes of at least 4 members (excludes halogenated alkanes) is 1. The summed E-state index contributed by atoms with van der Waals surface area (Å²) in [6, 6.07) is 5.29. The van der Waals surface area contributed by atoms with Gasteiger partial charge in [-0.15, -0.1) is 0 Å². The van der Waals surface area contributed by atoms with E-state index in [1.165, 1.54) is 24.3 Å². The van der Waals surface area contributed by atoms with E-state index in [1.54, 1.807) is 0 Å². The Hall–Kier alpha value is -1.62. The summed E-state index contributed by atoms with van der Waals surface area (Å²) in [7, 11) is 0. The van der Waals surface area contributed by atoms with E-state index in [2.05, 4.69) is 17.6 Å². The molecule has 0 heterocycles. The Bertz CT molecular complexity index is 367. The van der Waals surface area contributed by atoms with Crippen molar-refractivity contribution in [2.24, 2.45) is 5.73 Å². The first-order valence-electron chi connectivity index (χ1n) is 6.19. The highest BCUT2D eigenvalue weighted by molar-refractivity contribution is 5.89. The Labute approximate surface area is 107 Å². The lowest BCUT2D eigenvalue weighted by atomic mass is 10.1. The lowest BCUT2D eigenvalue weighted by Crippen LogP contribution is -2.42. The summed E-state index contributed by atoms with van der Waals surface area (Å²) < 4.78 is 12.7. The van der Waals surface area contributed by atoms with Crippen LogP contribution in [0.2, 0.25) is 0 Å². The van der Waals surface area contributed by atoms with Crippen molar-refractivity contribution in [1.29, 1.82) is 0 Å². The van der Waals surface area contributed by atoms with Crippen molar-refractivity contribution in [1.82, 2.24) is 5.32 Å². The number of urea groups is 1. The molecule has 1 unspecified atom stereocenters. The molecular formula is C13H20FN3O. The Morgan fingerprint density at radius 1 is 1.39 bits per heavy atom. The number of anilines is 1. The first kappa shape index (κ1) is 14.4. The summed E-state index contributed by atoms with van der Waals surface area (Å²) in [5.74, 6) is -0.330. The minimum Gasteiger partial charge on any atom is -0.334 e. The van der Waals surface area contributed by atoms with Gasteiger partial charge < -0.3 is 16.4 Å². The van der Waals surface area contributed by atoms with Crippen LogP contribution in [0.15, 0.2) is 24.3 Å². The third-order valence-corrected chi connectivity index (χ3v) is 2.63. The van der Waals surface area contributed by atoms with Gasteiger partial charge in [0, 0.05) is 18.3 Å². The van der Waals surface area contributed by atoms with E-state index in [-0.39, 0.29) is 17.9 Å². The van der Waals surface area contributed by atoms with E-state index >= 15 is 0 Å². The molecule has 4 nitrogen and oxygen atoms in total. The van der Waals surface area contributed by atoms with E-state index in [1.807, 2.05) is 0 Å². The number of nitrogens with two attached hydrogens (primary N) is 1. The normalized spacial score (nSPS) is 11.9. The summed E-state index contributed by atoms with van der Waals surface area (Å²) >= 11 is 0. The Balaban J connectivity index is 2.42. The topological polar surface area (TPSA) is 67.1 Å². The molecule has 0 saturated carbocycles. The van der Waals surface area contributed by atoms with Crippen LogP contribution in [0.3, 0.4) is 0 Å². The zero-order valence-corrected chi connectivity index (χ0v) is 10.6. The highest BCUT2D eigenvalue weighted by atomic mass is 19.1. The third kappa shape index (κ3) is 5.14. The highest BCUT2D eigenvalue weighted by Crippen LogP contribution is 2.08. The van der Waals surface area contributed by atoms with Crippen molar-refractivity contribution in [3.8, 4) is 0 Å². The van der Waals surface area contributed by atoms with Crippen LogP contribution in [0.5, 0.6) is 0 Å². The molecule has 0 spiro atoms. The fourth-order valence-corrected chi connectivity index (χ4v) is 1.59. The van der Waals surface area contributed by atoms with Gasteiger partial charge in [0.1, 0.15) is 5.82 Å². The van der Waals surface area contributed by atoms with E-state index in [9.17, 15) is 9.18 Å². The molecule has 0 radical (unpaired) electrons. The number of rotatable bonds is 6. The number of hydrogen-bond donors (Lipinski definition) is 3. The fourth-order valence-electron chi connectivity index (χ4n) is 1.59. The lowest BCUT2D eigenvalue weighted by Gasteiger charge is -2.16. The number of halogens is 1. The average Bonchev–Trinajstić information content (AvgIpc) is 2.37. The zero-order valence-electron chi connectivity index (χ0n) is 10.6. The maximum Gasteiger partial charge on any atom is 0.319 e.